The van der Waals surface area contributed by atoms with Crippen LogP contribution in [0.4, 0.5) is 15.5 Å². The number of methoxy groups -OCH3 is 1. The minimum absolute atomic E-state index is 0.00414. The van der Waals surface area contributed by atoms with E-state index in [2.05, 4.69) is 14.8 Å². The second kappa shape index (κ2) is 12.1. The Hall–Kier alpha value is -3.94. The van der Waals surface area contributed by atoms with E-state index < -0.39 is 33.9 Å². The number of ether oxygens (including phenoxy) is 2. The van der Waals surface area contributed by atoms with Crippen LogP contribution in [0.25, 0.3) is 0 Å². The van der Waals surface area contributed by atoms with E-state index in [9.17, 15) is 27.6 Å². The Kier molecular flexibility index (Phi) is 9.09. The van der Waals surface area contributed by atoms with Crippen LogP contribution in [0.5, 0.6) is 0 Å². The van der Waals surface area contributed by atoms with Gasteiger partial charge in [-0.15, -0.1) is 11.3 Å². The third-order valence-electron chi connectivity index (χ3n) is 4.99. The van der Waals surface area contributed by atoms with Crippen LogP contribution >= 0.6 is 22.9 Å². The number of imide groups is 1. The average Bonchev–Trinajstić information content (AvgIpc) is 3.20. The van der Waals surface area contributed by atoms with Crippen molar-refractivity contribution in [1.82, 2.24) is 5.32 Å². The highest BCUT2D eigenvalue weighted by Gasteiger charge is 2.28. The topological polar surface area (TPSA) is 157 Å². The first-order valence-electron chi connectivity index (χ1n) is 10.9. The molecular formula is C24H22ClN3O8S2. The molecule has 200 valence electrons. The van der Waals surface area contributed by atoms with Gasteiger partial charge in [0.2, 0.25) is 0 Å². The molecule has 3 rings (SSSR count). The van der Waals surface area contributed by atoms with Gasteiger partial charge in [0.05, 0.1) is 24.2 Å². The SMILES string of the molecule is CCOC(=O)c1sc(NC(=O)c2ccc(NS(=O)(=O)c3ccc(Cl)cc3)cc2)c(C(=O)NC(=O)OC)c1C. The Morgan fingerprint density at radius 2 is 1.61 bits per heavy atom. The molecule has 1 aromatic heterocycles. The Morgan fingerprint density at radius 3 is 2.18 bits per heavy atom. The van der Waals surface area contributed by atoms with Gasteiger partial charge in [0, 0.05) is 16.3 Å². The Labute approximate surface area is 227 Å². The minimum atomic E-state index is -3.89. The summed E-state index contributed by atoms with van der Waals surface area (Å²) in [6, 6.07) is 11.1. The molecule has 0 unspecified atom stereocenters. The van der Waals surface area contributed by atoms with Gasteiger partial charge in [-0.1, -0.05) is 11.6 Å². The molecular weight excluding hydrogens is 558 g/mol. The number of esters is 1. The number of nitrogens with one attached hydrogen (secondary N) is 3. The zero-order valence-corrected chi connectivity index (χ0v) is 22.7. The molecule has 38 heavy (non-hydrogen) atoms. The molecule has 0 aliphatic rings. The van der Waals surface area contributed by atoms with E-state index >= 15 is 0 Å². The van der Waals surface area contributed by atoms with Gasteiger partial charge in [-0.05, 0) is 67.9 Å². The van der Waals surface area contributed by atoms with Crippen molar-refractivity contribution in [3.8, 4) is 0 Å². The van der Waals surface area contributed by atoms with Crippen molar-refractivity contribution in [2.24, 2.45) is 0 Å². The number of carbonyl (C=O) groups is 4. The maximum atomic E-state index is 12.9. The van der Waals surface area contributed by atoms with Crippen LogP contribution in [0, 0.1) is 6.92 Å². The Balaban J connectivity index is 1.84. The number of thiophene rings is 1. The van der Waals surface area contributed by atoms with Gasteiger partial charge in [0.1, 0.15) is 9.88 Å². The number of halogens is 1. The van der Waals surface area contributed by atoms with E-state index in [1.54, 1.807) is 6.92 Å². The van der Waals surface area contributed by atoms with Crippen molar-refractivity contribution in [2.45, 2.75) is 18.7 Å². The third kappa shape index (κ3) is 6.68. The highest BCUT2D eigenvalue weighted by atomic mass is 35.5. The summed E-state index contributed by atoms with van der Waals surface area (Å²) in [4.78, 5) is 49.6. The third-order valence-corrected chi connectivity index (χ3v) is 7.82. The second-order valence-corrected chi connectivity index (χ2v) is 10.7. The lowest BCUT2D eigenvalue weighted by Gasteiger charge is -2.10. The van der Waals surface area contributed by atoms with Gasteiger partial charge in [0.25, 0.3) is 21.8 Å². The summed E-state index contributed by atoms with van der Waals surface area (Å²) in [5.41, 5.74) is 0.426. The van der Waals surface area contributed by atoms with E-state index in [1.807, 2.05) is 5.32 Å². The monoisotopic (exact) mass is 579 g/mol. The van der Waals surface area contributed by atoms with E-state index in [0.29, 0.717) is 5.02 Å². The molecule has 0 saturated carbocycles. The number of rotatable bonds is 8. The molecule has 0 atom stereocenters. The maximum Gasteiger partial charge on any atom is 0.413 e. The first kappa shape index (κ1) is 28.6. The predicted octanol–water partition coefficient (Wildman–Crippen LogP) is 4.44. The number of amides is 3. The molecule has 0 spiro atoms. The molecule has 0 bridgehead atoms. The van der Waals surface area contributed by atoms with Gasteiger partial charge in [0.15, 0.2) is 0 Å². The lowest BCUT2D eigenvalue weighted by molar-refractivity contribution is 0.0531. The summed E-state index contributed by atoms with van der Waals surface area (Å²) >= 11 is 6.61. The number of sulfonamides is 1. The van der Waals surface area contributed by atoms with Crippen molar-refractivity contribution < 1.29 is 37.1 Å². The minimum Gasteiger partial charge on any atom is -0.462 e. The molecule has 0 aliphatic heterocycles. The smallest absolute Gasteiger partial charge is 0.413 e. The van der Waals surface area contributed by atoms with Crippen LogP contribution in [0.15, 0.2) is 53.4 Å². The zero-order chi connectivity index (χ0) is 28.0. The quantitative estimate of drug-likeness (QED) is 0.331. The van der Waals surface area contributed by atoms with Crippen molar-refractivity contribution in [3.63, 3.8) is 0 Å². The van der Waals surface area contributed by atoms with Gasteiger partial charge < -0.3 is 14.8 Å². The summed E-state index contributed by atoms with van der Waals surface area (Å²) in [7, 11) is -2.81. The van der Waals surface area contributed by atoms with Crippen LogP contribution in [-0.4, -0.2) is 46.0 Å². The Morgan fingerprint density at radius 1 is 0.974 bits per heavy atom. The number of hydrogen-bond acceptors (Lipinski definition) is 9. The predicted molar refractivity (Wildman–Crippen MR) is 142 cm³/mol. The summed E-state index contributed by atoms with van der Waals surface area (Å²) in [5.74, 6) is -2.23. The molecule has 3 amide bonds. The lowest BCUT2D eigenvalue weighted by atomic mass is 10.1. The summed E-state index contributed by atoms with van der Waals surface area (Å²) in [6.07, 6.45) is -1.02. The molecule has 11 nitrogen and oxygen atoms in total. The lowest BCUT2D eigenvalue weighted by Crippen LogP contribution is -2.31. The van der Waals surface area contributed by atoms with E-state index in [4.69, 9.17) is 16.3 Å². The fraction of sp³-hybridized carbons (Fsp3) is 0.167. The summed E-state index contributed by atoms with van der Waals surface area (Å²) in [6.45, 7) is 3.19. The molecule has 14 heteroatoms. The number of hydrogen-bond donors (Lipinski definition) is 3. The van der Waals surface area contributed by atoms with E-state index in [-0.39, 0.29) is 43.8 Å². The second-order valence-electron chi connectivity index (χ2n) is 7.52. The van der Waals surface area contributed by atoms with Crippen molar-refractivity contribution >= 4 is 67.5 Å². The molecule has 0 saturated heterocycles. The molecule has 0 aliphatic carbocycles. The first-order valence-corrected chi connectivity index (χ1v) is 13.5. The van der Waals surface area contributed by atoms with Crippen LogP contribution in [-0.2, 0) is 19.5 Å². The molecule has 0 radical (unpaired) electrons. The summed E-state index contributed by atoms with van der Waals surface area (Å²) in [5, 5.41) is 4.96. The number of anilines is 2. The van der Waals surface area contributed by atoms with E-state index in [1.165, 1.54) is 55.5 Å². The fourth-order valence-electron chi connectivity index (χ4n) is 3.17. The first-order chi connectivity index (χ1) is 18.0. The highest BCUT2D eigenvalue weighted by molar-refractivity contribution is 7.92. The standard InChI is InChI=1S/C24H22ClN3O8S2/c1-4-36-23(31)19-13(2)18(21(30)27-24(32)35-3)22(37-19)26-20(29)14-5-9-16(10-6-14)28-38(33,34)17-11-7-15(25)8-12-17/h5-12,28H,4H2,1-3H3,(H,26,29)(H,27,30,32). The van der Waals surface area contributed by atoms with Gasteiger partial charge >= 0.3 is 12.1 Å². The van der Waals surface area contributed by atoms with E-state index in [0.717, 1.165) is 18.4 Å². The number of alkyl carbamates (subject to hydrolysis) is 1. The van der Waals surface area contributed by atoms with Crippen LogP contribution in [0.1, 0.15) is 42.9 Å². The molecule has 1 heterocycles. The number of benzene rings is 2. The fourth-order valence-corrected chi connectivity index (χ4v) is 5.44. The van der Waals surface area contributed by atoms with Gasteiger partial charge in [-0.2, -0.15) is 0 Å². The van der Waals surface area contributed by atoms with Crippen molar-refractivity contribution in [3.05, 3.63) is 75.1 Å². The normalized spacial score (nSPS) is 10.8. The zero-order valence-electron chi connectivity index (χ0n) is 20.3. The van der Waals surface area contributed by atoms with Crippen LogP contribution in [0.2, 0.25) is 5.02 Å². The molecule has 3 aromatic rings. The number of carbonyl (C=O) groups excluding carboxylic acids is 4. The van der Waals surface area contributed by atoms with Crippen molar-refractivity contribution in [1.29, 1.82) is 0 Å². The van der Waals surface area contributed by atoms with Gasteiger partial charge in [-0.25, -0.2) is 18.0 Å². The molecule has 0 fully saturated rings. The molecule has 3 N–H and O–H groups in total. The average molecular weight is 580 g/mol. The largest absolute Gasteiger partial charge is 0.462 e. The Bertz CT molecular complexity index is 1480. The highest BCUT2D eigenvalue weighted by Crippen LogP contribution is 2.34. The van der Waals surface area contributed by atoms with Crippen LogP contribution < -0.4 is 15.4 Å². The summed E-state index contributed by atoms with van der Waals surface area (Å²) < 4.78 is 37.0. The van der Waals surface area contributed by atoms with Crippen LogP contribution in [0.3, 0.4) is 0 Å². The molecule has 2 aromatic carbocycles. The maximum absolute atomic E-state index is 12.9. The van der Waals surface area contributed by atoms with Gasteiger partial charge in [-0.3, -0.25) is 19.6 Å². The van der Waals surface area contributed by atoms with Crippen molar-refractivity contribution in [2.75, 3.05) is 23.8 Å².